The Labute approximate surface area is 104 Å². The number of hydrogen-bond acceptors (Lipinski definition) is 0. The van der Waals surface area contributed by atoms with Gasteiger partial charge in [0.05, 0.1) is 0 Å². The van der Waals surface area contributed by atoms with Crippen molar-refractivity contribution in [3.63, 3.8) is 0 Å². The lowest BCUT2D eigenvalue weighted by Gasteiger charge is -2.36. The lowest BCUT2D eigenvalue weighted by atomic mass is 9.91. The van der Waals surface area contributed by atoms with E-state index in [1.165, 1.54) is 0 Å². The fourth-order valence-corrected chi connectivity index (χ4v) is 1.64. The Hall–Kier alpha value is 0.1000. The van der Waals surface area contributed by atoms with E-state index in [9.17, 15) is 39.5 Å². The summed E-state index contributed by atoms with van der Waals surface area (Å²) in [6.45, 7) is 0.896. The molecule has 0 saturated heterocycles. The molecule has 10 heteroatoms. The zero-order valence-corrected chi connectivity index (χ0v) is 10.2. The van der Waals surface area contributed by atoms with E-state index in [1.807, 2.05) is 0 Å². The van der Waals surface area contributed by atoms with E-state index in [1.54, 1.807) is 0 Å². The fourth-order valence-electron chi connectivity index (χ4n) is 1.03. The third-order valence-electron chi connectivity index (χ3n) is 1.87. The molecule has 0 nitrogen and oxygen atoms in total. The van der Waals surface area contributed by atoms with Crippen molar-refractivity contribution in [3.05, 3.63) is 0 Å². The molecule has 0 aromatic heterocycles. The molecule has 2 unspecified atom stereocenters. The Morgan fingerprint density at radius 1 is 0.824 bits per heavy atom. The second-order valence-corrected chi connectivity index (χ2v) is 5.48. The highest BCUT2D eigenvalue weighted by atomic mass is 127. The molecule has 0 amide bonds. The van der Waals surface area contributed by atoms with Gasteiger partial charge in [-0.05, 0) is 0 Å². The van der Waals surface area contributed by atoms with Crippen LogP contribution < -0.4 is 0 Å². The zero-order chi connectivity index (χ0) is 14.3. The van der Waals surface area contributed by atoms with Crippen molar-refractivity contribution in [1.82, 2.24) is 0 Å². The van der Waals surface area contributed by atoms with Gasteiger partial charge in [-0.25, -0.2) is 4.39 Å². The molecule has 2 atom stereocenters. The minimum atomic E-state index is -6.61. The third kappa shape index (κ3) is 3.11. The molecule has 0 bridgehead atoms. The van der Waals surface area contributed by atoms with Crippen LogP contribution >= 0.6 is 22.6 Å². The van der Waals surface area contributed by atoms with Crippen LogP contribution in [0.2, 0.25) is 0 Å². The summed E-state index contributed by atoms with van der Waals surface area (Å²) in [5.41, 5.74) is -5.63. The van der Waals surface area contributed by atoms with Crippen LogP contribution in [0.25, 0.3) is 0 Å². The van der Waals surface area contributed by atoms with E-state index >= 15 is 0 Å². The third-order valence-corrected chi connectivity index (χ3v) is 2.31. The van der Waals surface area contributed by atoms with Crippen LogP contribution in [0.4, 0.5) is 39.5 Å². The first kappa shape index (κ1) is 17.1. The minimum Gasteiger partial charge on any atom is -0.227 e. The van der Waals surface area contributed by atoms with Crippen molar-refractivity contribution in [3.8, 4) is 0 Å². The maximum absolute atomic E-state index is 13.2. The highest BCUT2D eigenvalue weighted by molar-refractivity contribution is 14.1. The van der Waals surface area contributed by atoms with Gasteiger partial charge in [0.1, 0.15) is 0 Å². The van der Waals surface area contributed by atoms with Gasteiger partial charge in [0, 0.05) is 10.3 Å². The van der Waals surface area contributed by atoms with Gasteiger partial charge in [0.15, 0.2) is 0 Å². The number of halogens is 10. The first-order chi connectivity index (χ1) is 7.17. The summed E-state index contributed by atoms with van der Waals surface area (Å²) in [4.78, 5) is 0. The standard InChI is InChI=1S/C7H6F9I/c1-3(17)2-4(8,6(11,12)13)5(9,10)7(14,15)16/h3H,2H2,1H3. The number of rotatable bonds is 3. The summed E-state index contributed by atoms with van der Waals surface area (Å²) in [5, 5.41) is 0. The van der Waals surface area contributed by atoms with E-state index in [2.05, 4.69) is 0 Å². The first-order valence-electron chi connectivity index (χ1n) is 4.01. The Bertz CT molecular complexity index is 265. The molecule has 0 aliphatic rings. The smallest absolute Gasteiger partial charge is 0.227 e. The lowest BCUT2D eigenvalue weighted by Crippen LogP contribution is -2.62. The van der Waals surface area contributed by atoms with Crippen LogP contribution in [0.1, 0.15) is 13.3 Å². The van der Waals surface area contributed by atoms with Crippen LogP contribution in [0, 0.1) is 0 Å². The van der Waals surface area contributed by atoms with Crippen LogP contribution in [0.3, 0.4) is 0 Å². The van der Waals surface area contributed by atoms with E-state index in [4.69, 9.17) is 0 Å². The predicted octanol–water partition coefficient (Wildman–Crippen LogP) is 4.67. The second kappa shape index (κ2) is 4.65. The Kier molecular flexibility index (Phi) is 4.68. The highest BCUT2D eigenvalue weighted by Gasteiger charge is 2.80. The van der Waals surface area contributed by atoms with Crippen molar-refractivity contribution in [2.75, 3.05) is 0 Å². The molecule has 0 rings (SSSR count). The van der Waals surface area contributed by atoms with Gasteiger partial charge in [0.25, 0.3) is 5.67 Å². The molecular weight excluding hydrogens is 382 g/mol. The monoisotopic (exact) mass is 388 g/mol. The van der Waals surface area contributed by atoms with E-state index in [0.717, 1.165) is 29.5 Å². The van der Waals surface area contributed by atoms with Gasteiger partial charge < -0.3 is 0 Å². The molecule has 0 aliphatic carbocycles. The highest BCUT2D eigenvalue weighted by Crippen LogP contribution is 2.55. The van der Waals surface area contributed by atoms with Gasteiger partial charge in [-0.1, -0.05) is 29.5 Å². The predicted molar refractivity (Wildman–Crippen MR) is 49.0 cm³/mol. The molecule has 17 heavy (non-hydrogen) atoms. The summed E-state index contributed by atoms with van der Waals surface area (Å²) in [6, 6.07) is 0. The Morgan fingerprint density at radius 3 is 1.35 bits per heavy atom. The average molecular weight is 388 g/mol. The SMILES string of the molecule is CC(I)CC(F)(C(F)(F)F)C(F)(F)C(F)(F)F. The average Bonchev–Trinajstić information content (AvgIpc) is 1.97. The Morgan fingerprint density at radius 2 is 1.18 bits per heavy atom. The molecule has 0 radical (unpaired) electrons. The molecule has 0 spiro atoms. The maximum Gasteiger partial charge on any atom is 0.457 e. The second-order valence-electron chi connectivity index (χ2n) is 3.36. The number of hydrogen-bond donors (Lipinski definition) is 0. The van der Waals surface area contributed by atoms with Gasteiger partial charge >= 0.3 is 18.3 Å². The summed E-state index contributed by atoms with van der Waals surface area (Å²) < 4.78 is 109. The zero-order valence-electron chi connectivity index (χ0n) is 8.06. The van der Waals surface area contributed by atoms with E-state index < -0.39 is 34.3 Å². The lowest BCUT2D eigenvalue weighted by molar-refractivity contribution is -0.384. The summed E-state index contributed by atoms with van der Waals surface area (Å²) >= 11 is 1.14. The molecule has 0 aromatic carbocycles. The van der Waals surface area contributed by atoms with Gasteiger partial charge in [0.2, 0.25) is 0 Å². The summed E-state index contributed by atoms with van der Waals surface area (Å²) in [6.07, 6.45) is -14.9. The molecule has 0 heterocycles. The normalized spacial score (nSPS) is 19.9. The van der Waals surface area contributed by atoms with Gasteiger partial charge in [-0.2, -0.15) is 35.1 Å². The van der Waals surface area contributed by atoms with Crippen molar-refractivity contribution < 1.29 is 39.5 Å². The molecule has 0 aliphatic heterocycles. The Balaban J connectivity index is 5.65. The van der Waals surface area contributed by atoms with Crippen molar-refractivity contribution in [2.24, 2.45) is 0 Å². The van der Waals surface area contributed by atoms with Crippen LogP contribution in [-0.4, -0.2) is 27.9 Å². The van der Waals surface area contributed by atoms with Crippen molar-refractivity contribution in [2.45, 2.75) is 41.2 Å². The number of alkyl halides is 10. The van der Waals surface area contributed by atoms with E-state index in [-0.39, 0.29) is 0 Å². The van der Waals surface area contributed by atoms with Crippen molar-refractivity contribution in [1.29, 1.82) is 0 Å². The molecule has 0 aromatic rings. The van der Waals surface area contributed by atoms with E-state index in [0.29, 0.717) is 0 Å². The summed E-state index contributed by atoms with van der Waals surface area (Å²) in [5.74, 6) is -6.49. The summed E-state index contributed by atoms with van der Waals surface area (Å²) in [7, 11) is 0. The molecule has 0 saturated carbocycles. The molecule has 0 fully saturated rings. The molecular formula is C7H6F9I. The van der Waals surface area contributed by atoms with Crippen LogP contribution in [0.15, 0.2) is 0 Å². The van der Waals surface area contributed by atoms with Crippen LogP contribution in [-0.2, 0) is 0 Å². The largest absolute Gasteiger partial charge is 0.457 e. The fraction of sp³-hybridized carbons (Fsp3) is 1.00. The van der Waals surface area contributed by atoms with Crippen LogP contribution in [0.5, 0.6) is 0 Å². The minimum absolute atomic E-state index is 0.896. The molecule has 0 N–H and O–H groups in total. The topological polar surface area (TPSA) is 0 Å². The molecule has 104 valence electrons. The quantitative estimate of drug-likeness (QED) is 0.375. The van der Waals surface area contributed by atoms with Gasteiger partial charge in [-0.15, -0.1) is 0 Å². The van der Waals surface area contributed by atoms with Gasteiger partial charge in [-0.3, -0.25) is 0 Å². The maximum atomic E-state index is 13.2. The first-order valence-corrected chi connectivity index (χ1v) is 5.25. The van der Waals surface area contributed by atoms with Crippen molar-refractivity contribution >= 4 is 22.6 Å².